The number of anilines is 1. The van der Waals surface area contributed by atoms with Gasteiger partial charge in [-0.1, -0.05) is 18.2 Å². The Kier molecular flexibility index (Phi) is 5.16. The summed E-state index contributed by atoms with van der Waals surface area (Å²) in [4.78, 5) is 11.0. The number of nitrogens with one attached hydrogen (secondary N) is 1. The van der Waals surface area contributed by atoms with Crippen molar-refractivity contribution < 1.29 is 19.0 Å². The Balaban J connectivity index is 1.92. The molecule has 0 aliphatic carbocycles. The van der Waals surface area contributed by atoms with Gasteiger partial charge in [-0.05, 0) is 40.2 Å². The summed E-state index contributed by atoms with van der Waals surface area (Å²) < 4.78 is 19.6. The van der Waals surface area contributed by atoms with E-state index in [0.717, 1.165) is 0 Å². The molecule has 0 fully saturated rings. The van der Waals surface area contributed by atoms with Gasteiger partial charge in [0.1, 0.15) is 23.7 Å². The Bertz CT molecular complexity index is 628. The van der Waals surface area contributed by atoms with E-state index in [-0.39, 0.29) is 18.0 Å². The number of carboxylic acids is 1. The van der Waals surface area contributed by atoms with E-state index >= 15 is 0 Å². The lowest BCUT2D eigenvalue weighted by Gasteiger charge is -2.12. The number of carboxylic acid groups (broad SMARTS) is 1. The summed E-state index contributed by atoms with van der Waals surface area (Å²) in [5, 5.41) is 11.9. The number of rotatable bonds is 6. The van der Waals surface area contributed by atoms with E-state index in [0.29, 0.717) is 22.5 Å². The molecular formula is C15H13BrFNO3. The summed E-state index contributed by atoms with van der Waals surface area (Å²) in [6, 6.07) is 11.1. The molecule has 0 unspecified atom stereocenters. The highest BCUT2D eigenvalue weighted by Crippen LogP contribution is 2.25. The fourth-order valence-electron chi connectivity index (χ4n) is 1.77. The number of hydrogen-bond acceptors (Lipinski definition) is 3. The molecule has 0 saturated carbocycles. The van der Waals surface area contributed by atoms with Crippen LogP contribution >= 0.6 is 15.9 Å². The molecule has 4 nitrogen and oxygen atoms in total. The molecule has 2 N–H and O–H groups in total. The van der Waals surface area contributed by atoms with Gasteiger partial charge in [0, 0.05) is 11.0 Å². The minimum absolute atomic E-state index is 0.101. The van der Waals surface area contributed by atoms with Crippen LogP contribution in [0.3, 0.4) is 0 Å². The molecule has 0 saturated heterocycles. The van der Waals surface area contributed by atoms with E-state index in [1.807, 2.05) is 0 Å². The highest BCUT2D eigenvalue weighted by atomic mass is 79.9. The quantitative estimate of drug-likeness (QED) is 0.776. The van der Waals surface area contributed by atoms with Crippen LogP contribution in [0.4, 0.5) is 10.1 Å². The summed E-state index contributed by atoms with van der Waals surface area (Å²) in [7, 11) is 0. The van der Waals surface area contributed by atoms with Crippen molar-refractivity contribution in [3.05, 3.63) is 58.3 Å². The van der Waals surface area contributed by atoms with Crippen LogP contribution in [0.15, 0.2) is 46.9 Å². The monoisotopic (exact) mass is 353 g/mol. The SMILES string of the molecule is O=C(O)c1ccccc1OCCNc1c(F)cccc1Br. The maximum atomic E-state index is 13.6. The lowest BCUT2D eigenvalue weighted by atomic mass is 10.2. The average Bonchev–Trinajstić information content (AvgIpc) is 2.46. The van der Waals surface area contributed by atoms with Gasteiger partial charge in [0.05, 0.1) is 5.69 Å². The van der Waals surface area contributed by atoms with E-state index in [9.17, 15) is 9.18 Å². The highest BCUT2D eigenvalue weighted by Gasteiger charge is 2.10. The third kappa shape index (κ3) is 3.95. The Morgan fingerprint density at radius 1 is 1.24 bits per heavy atom. The van der Waals surface area contributed by atoms with Gasteiger partial charge >= 0.3 is 5.97 Å². The van der Waals surface area contributed by atoms with Crippen molar-refractivity contribution >= 4 is 27.6 Å². The molecule has 0 aromatic heterocycles. The molecule has 0 amide bonds. The van der Waals surface area contributed by atoms with Gasteiger partial charge in [-0.15, -0.1) is 0 Å². The Morgan fingerprint density at radius 3 is 2.71 bits per heavy atom. The molecule has 110 valence electrons. The first kappa shape index (κ1) is 15.3. The predicted molar refractivity (Wildman–Crippen MR) is 81.5 cm³/mol. The van der Waals surface area contributed by atoms with Crippen LogP contribution in [0.2, 0.25) is 0 Å². The van der Waals surface area contributed by atoms with Crippen LogP contribution in [0, 0.1) is 5.82 Å². The van der Waals surface area contributed by atoms with Crippen molar-refractivity contribution in [3.8, 4) is 5.75 Å². The van der Waals surface area contributed by atoms with Gasteiger partial charge in [-0.3, -0.25) is 0 Å². The molecule has 2 rings (SSSR count). The third-order valence-corrected chi connectivity index (χ3v) is 3.40. The minimum Gasteiger partial charge on any atom is -0.491 e. The van der Waals surface area contributed by atoms with E-state index in [1.165, 1.54) is 12.1 Å². The maximum absolute atomic E-state index is 13.6. The summed E-state index contributed by atoms with van der Waals surface area (Å²) in [5.74, 6) is -1.12. The Labute approximate surface area is 129 Å². The second-order valence-corrected chi connectivity index (χ2v) is 5.03. The molecule has 0 atom stereocenters. The van der Waals surface area contributed by atoms with Gasteiger partial charge in [0.15, 0.2) is 0 Å². The molecule has 2 aromatic rings. The van der Waals surface area contributed by atoms with Crippen LogP contribution in [0.25, 0.3) is 0 Å². The molecule has 0 bridgehead atoms. The van der Waals surface area contributed by atoms with Crippen molar-refractivity contribution in [1.82, 2.24) is 0 Å². The van der Waals surface area contributed by atoms with Crippen molar-refractivity contribution in [2.24, 2.45) is 0 Å². The van der Waals surface area contributed by atoms with Crippen LogP contribution in [0.5, 0.6) is 5.75 Å². The summed E-state index contributed by atoms with van der Waals surface area (Å²) in [6.45, 7) is 0.554. The molecular weight excluding hydrogens is 341 g/mol. The molecule has 21 heavy (non-hydrogen) atoms. The summed E-state index contributed by atoms with van der Waals surface area (Å²) in [5.41, 5.74) is 0.456. The third-order valence-electron chi connectivity index (χ3n) is 2.74. The van der Waals surface area contributed by atoms with Gasteiger partial charge in [-0.2, -0.15) is 0 Å². The zero-order chi connectivity index (χ0) is 15.2. The summed E-state index contributed by atoms with van der Waals surface area (Å²) >= 11 is 3.25. The first-order valence-electron chi connectivity index (χ1n) is 6.22. The second-order valence-electron chi connectivity index (χ2n) is 4.17. The van der Waals surface area contributed by atoms with Crippen molar-refractivity contribution in [2.45, 2.75) is 0 Å². The fraction of sp³-hybridized carbons (Fsp3) is 0.133. The van der Waals surface area contributed by atoms with Crippen molar-refractivity contribution in [1.29, 1.82) is 0 Å². The predicted octanol–water partition coefficient (Wildman–Crippen LogP) is 3.78. The van der Waals surface area contributed by atoms with E-state index in [4.69, 9.17) is 9.84 Å². The highest BCUT2D eigenvalue weighted by molar-refractivity contribution is 9.10. The first-order chi connectivity index (χ1) is 10.1. The van der Waals surface area contributed by atoms with Gasteiger partial charge in [0.2, 0.25) is 0 Å². The number of benzene rings is 2. The normalized spacial score (nSPS) is 10.2. The number of hydrogen-bond donors (Lipinski definition) is 2. The van der Waals surface area contributed by atoms with Crippen molar-refractivity contribution in [2.75, 3.05) is 18.5 Å². The number of carbonyl (C=O) groups is 1. The van der Waals surface area contributed by atoms with Crippen molar-refractivity contribution in [3.63, 3.8) is 0 Å². The topological polar surface area (TPSA) is 58.6 Å². The van der Waals surface area contributed by atoms with Crippen LogP contribution < -0.4 is 10.1 Å². The molecule has 0 heterocycles. The van der Waals surface area contributed by atoms with Crippen LogP contribution in [0.1, 0.15) is 10.4 Å². The van der Waals surface area contributed by atoms with Gasteiger partial charge in [-0.25, -0.2) is 9.18 Å². The number of aromatic carboxylic acids is 1. The van der Waals surface area contributed by atoms with E-state index in [2.05, 4.69) is 21.2 Å². The second kappa shape index (κ2) is 7.08. The minimum atomic E-state index is -1.05. The smallest absolute Gasteiger partial charge is 0.339 e. The molecule has 6 heteroatoms. The zero-order valence-electron chi connectivity index (χ0n) is 11.0. The first-order valence-corrected chi connectivity index (χ1v) is 7.02. The molecule has 2 aromatic carbocycles. The largest absolute Gasteiger partial charge is 0.491 e. The average molecular weight is 354 g/mol. The number of para-hydroxylation sites is 2. The van der Waals surface area contributed by atoms with Gasteiger partial charge < -0.3 is 15.2 Å². The Hall–Kier alpha value is -2.08. The Morgan fingerprint density at radius 2 is 2.00 bits per heavy atom. The fourth-order valence-corrected chi connectivity index (χ4v) is 2.26. The molecule has 0 aliphatic rings. The van der Waals surface area contributed by atoms with Gasteiger partial charge in [0.25, 0.3) is 0 Å². The number of ether oxygens (including phenoxy) is 1. The lowest BCUT2D eigenvalue weighted by molar-refractivity contribution is 0.0692. The van der Waals surface area contributed by atoms with Crippen LogP contribution in [-0.2, 0) is 0 Å². The van der Waals surface area contributed by atoms with E-state index in [1.54, 1.807) is 30.3 Å². The summed E-state index contributed by atoms with van der Waals surface area (Å²) in [6.07, 6.45) is 0. The van der Waals surface area contributed by atoms with E-state index < -0.39 is 5.97 Å². The maximum Gasteiger partial charge on any atom is 0.339 e. The van der Waals surface area contributed by atoms with Crippen LogP contribution in [-0.4, -0.2) is 24.2 Å². The molecule has 0 spiro atoms. The number of halogens is 2. The molecule has 0 aliphatic heterocycles. The lowest BCUT2D eigenvalue weighted by Crippen LogP contribution is -2.14. The zero-order valence-corrected chi connectivity index (χ0v) is 12.6. The standard InChI is InChI=1S/C15H13BrFNO3/c16-11-5-3-6-12(17)14(11)18-8-9-21-13-7-2-1-4-10(13)15(19)20/h1-7,18H,8-9H2,(H,19,20). The molecule has 0 radical (unpaired) electrons.